The maximum Gasteiger partial charge on any atom is 0.240 e. The number of thiophene rings is 2. The fourth-order valence-electron chi connectivity index (χ4n) is 2.96. The molecule has 0 unspecified atom stereocenters. The molecule has 2 aromatic heterocycles. The molecule has 0 bridgehead atoms. The summed E-state index contributed by atoms with van der Waals surface area (Å²) in [5.74, 6) is -0.141. The van der Waals surface area contributed by atoms with Gasteiger partial charge in [0.2, 0.25) is 11.8 Å². The van der Waals surface area contributed by atoms with Gasteiger partial charge in [0, 0.05) is 22.6 Å². The number of hydrogen-bond donors (Lipinski definition) is 2. The molecular formula is C24H34N4O2S2. The number of aryl methyl sites for hydroxylation is 2. The monoisotopic (exact) mass is 474 g/mol. The van der Waals surface area contributed by atoms with Gasteiger partial charge in [0.25, 0.3) is 0 Å². The highest BCUT2D eigenvalue weighted by Gasteiger charge is 2.06. The van der Waals surface area contributed by atoms with E-state index in [2.05, 4.69) is 47.0 Å². The van der Waals surface area contributed by atoms with Crippen LogP contribution >= 0.6 is 22.7 Å². The largest absolute Gasteiger partial charge is 0.273 e. The van der Waals surface area contributed by atoms with Crippen LogP contribution in [-0.4, -0.2) is 23.2 Å². The minimum atomic E-state index is -0.0704. The Kier molecular flexibility index (Phi) is 11.3. The molecule has 0 saturated carbocycles. The Hall–Kier alpha value is -2.32. The third kappa shape index (κ3) is 9.04. The zero-order valence-electron chi connectivity index (χ0n) is 19.5. The highest BCUT2D eigenvalue weighted by Crippen LogP contribution is 2.18. The zero-order chi connectivity index (χ0) is 23.3. The first kappa shape index (κ1) is 25.9. The topological polar surface area (TPSA) is 82.9 Å². The van der Waals surface area contributed by atoms with Crippen molar-refractivity contribution in [3.63, 3.8) is 0 Å². The Bertz CT molecular complexity index is 867. The lowest BCUT2D eigenvalue weighted by atomic mass is 10.1. The third-order valence-electron chi connectivity index (χ3n) is 4.99. The van der Waals surface area contributed by atoms with Gasteiger partial charge in [0.1, 0.15) is 0 Å². The second-order valence-electron chi connectivity index (χ2n) is 7.62. The average molecular weight is 475 g/mol. The van der Waals surface area contributed by atoms with Crippen molar-refractivity contribution in [1.82, 2.24) is 10.9 Å². The number of hydrazone groups is 2. The maximum absolute atomic E-state index is 12.0. The van der Waals surface area contributed by atoms with Crippen molar-refractivity contribution in [2.45, 2.75) is 79.1 Å². The molecule has 0 aliphatic carbocycles. The first-order chi connectivity index (χ1) is 15.4. The standard InChI is InChI=1S/C24H34N4O2S2/c1-5-19-13-15-21(31-19)17(3)25-27-23(29)11-9-7-8-10-12-24(30)28-26-18(4)22-16-14-20(6-2)32-22/h13-16H,5-12H2,1-4H3,(H,27,29)(H,28,30)/b25-17+,26-18+. The molecule has 2 amide bonds. The van der Waals surface area contributed by atoms with E-state index in [1.54, 1.807) is 22.7 Å². The summed E-state index contributed by atoms with van der Waals surface area (Å²) in [6.07, 6.45) is 6.29. The highest BCUT2D eigenvalue weighted by atomic mass is 32.1. The Morgan fingerprint density at radius 2 is 1.12 bits per heavy atom. The smallest absolute Gasteiger partial charge is 0.240 e. The normalized spacial score (nSPS) is 12.1. The number of carbonyl (C=O) groups is 2. The molecule has 174 valence electrons. The van der Waals surface area contributed by atoms with Crippen LogP contribution in [0.1, 0.15) is 85.7 Å². The number of nitrogens with one attached hydrogen (secondary N) is 2. The van der Waals surface area contributed by atoms with E-state index >= 15 is 0 Å². The van der Waals surface area contributed by atoms with Crippen LogP contribution in [0.5, 0.6) is 0 Å². The molecule has 6 nitrogen and oxygen atoms in total. The van der Waals surface area contributed by atoms with Crippen molar-refractivity contribution >= 4 is 45.9 Å². The number of amides is 2. The zero-order valence-corrected chi connectivity index (χ0v) is 21.1. The predicted octanol–water partition coefficient (Wildman–Crippen LogP) is 5.66. The molecule has 0 radical (unpaired) electrons. The minimum absolute atomic E-state index is 0.0704. The van der Waals surface area contributed by atoms with Gasteiger partial charge in [-0.15, -0.1) is 22.7 Å². The van der Waals surface area contributed by atoms with Gasteiger partial charge in [0.15, 0.2) is 0 Å². The lowest BCUT2D eigenvalue weighted by Crippen LogP contribution is -2.19. The molecule has 2 heterocycles. The van der Waals surface area contributed by atoms with Crippen molar-refractivity contribution in [2.75, 3.05) is 0 Å². The molecule has 0 atom stereocenters. The van der Waals surface area contributed by atoms with Crippen LogP contribution in [-0.2, 0) is 22.4 Å². The van der Waals surface area contributed by atoms with Crippen LogP contribution in [0.25, 0.3) is 0 Å². The van der Waals surface area contributed by atoms with Crippen LogP contribution < -0.4 is 10.9 Å². The second kappa shape index (κ2) is 14.0. The van der Waals surface area contributed by atoms with Gasteiger partial charge < -0.3 is 0 Å². The predicted molar refractivity (Wildman–Crippen MR) is 136 cm³/mol. The van der Waals surface area contributed by atoms with Gasteiger partial charge in [-0.25, -0.2) is 10.9 Å². The van der Waals surface area contributed by atoms with Gasteiger partial charge >= 0.3 is 0 Å². The quantitative estimate of drug-likeness (QED) is 0.223. The van der Waals surface area contributed by atoms with Gasteiger partial charge in [-0.2, -0.15) is 10.2 Å². The molecule has 0 fully saturated rings. The minimum Gasteiger partial charge on any atom is -0.273 e. The number of carbonyl (C=O) groups excluding carboxylic acids is 2. The van der Waals surface area contributed by atoms with Crippen LogP contribution in [0.2, 0.25) is 0 Å². The Balaban J connectivity index is 1.56. The lowest BCUT2D eigenvalue weighted by molar-refractivity contribution is -0.122. The molecule has 2 rings (SSSR count). The molecule has 0 aromatic carbocycles. The van der Waals surface area contributed by atoms with Crippen LogP contribution in [0.4, 0.5) is 0 Å². The average Bonchev–Trinajstić information content (AvgIpc) is 3.47. The van der Waals surface area contributed by atoms with E-state index in [0.29, 0.717) is 12.8 Å². The Morgan fingerprint density at radius 3 is 1.47 bits per heavy atom. The molecule has 2 aromatic rings. The number of hydrogen-bond acceptors (Lipinski definition) is 6. The first-order valence-electron chi connectivity index (χ1n) is 11.3. The summed E-state index contributed by atoms with van der Waals surface area (Å²) in [5.41, 5.74) is 6.94. The summed E-state index contributed by atoms with van der Waals surface area (Å²) in [7, 11) is 0. The van der Waals surface area contributed by atoms with Gasteiger partial charge in [0.05, 0.1) is 21.2 Å². The summed E-state index contributed by atoms with van der Waals surface area (Å²) in [4.78, 5) is 28.7. The fourth-order valence-corrected chi connectivity index (χ4v) is 4.75. The van der Waals surface area contributed by atoms with E-state index in [4.69, 9.17) is 0 Å². The molecule has 2 N–H and O–H groups in total. The highest BCUT2D eigenvalue weighted by molar-refractivity contribution is 7.14. The summed E-state index contributed by atoms with van der Waals surface area (Å²) >= 11 is 3.41. The molecule has 0 aliphatic rings. The van der Waals surface area contributed by atoms with E-state index in [0.717, 1.165) is 59.7 Å². The molecule has 0 spiro atoms. The van der Waals surface area contributed by atoms with Crippen molar-refractivity contribution < 1.29 is 9.59 Å². The summed E-state index contributed by atoms with van der Waals surface area (Å²) in [5, 5.41) is 8.41. The van der Waals surface area contributed by atoms with Crippen molar-refractivity contribution in [2.24, 2.45) is 10.2 Å². The van der Waals surface area contributed by atoms with Crippen LogP contribution in [0.15, 0.2) is 34.5 Å². The van der Waals surface area contributed by atoms with Crippen molar-refractivity contribution in [3.05, 3.63) is 43.8 Å². The SMILES string of the molecule is CCc1ccc(/C(C)=N/NC(=O)CCCCCCC(=O)N/N=C(\C)c2ccc(CC)s2)s1. The maximum atomic E-state index is 12.0. The third-order valence-corrected chi connectivity index (χ3v) is 7.66. The van der Waals surface area contributed by atoms with E-state index in [1.807, 2.05) is 26.0 Å². The van der Waals surface area contributed by atoms with Gasteiger partial charge in [-0.1, -0.05) is 26.7 Å². The van der Waals surface area contributed by atoms with E-state index in [9.17, 15) is 9.59 Å². The number of unbranched alkanes of at least 4 members (excludes halogenated alkanes) is 3. The first-order valence-corrected chi connectivity index (χ1v) is 12.9. The molecule has 0 aliphatic heterocycles. The number of nitrogens with zero attached hydrogens (tertiary/aromatic N) is 2. The molecule has 8 heteroatoms. The molecular weight excluding hydrogens is 440 g/mol. The second-order valence-corrected chi connectivity index (χ2v) is 9.95. The van der Waals surface area contributed by atoms with Gasteiger partial charge in [-0.05, 0) is 63.8 Å². The summed E-state index contributed by atoms with van der Waals surface area (Å²) in [6.45, 7) is 8.06. The van der Waals surface area contributed by atoms with Crippen molar-refractivity contribution in [3.8, 4) is 0 Å². The van der Waals surface area contributed by atoms with Gasteiger partial charge in [-0.3, -0.25) is 9.59 Å². The van der Waals surface area contributed by atoms with E-state index in [1.165, 1.54) is 9.75 Å². The van der Waals surface area contributed by atoms with Crippen LogP contribution in [0.3, 0.4) is 0 Å². The Morgan fingerprint density at radius 1 is 0.719 bits per heavy atom. The fraction of sp³-hybridized carbons (Fsp3) is 0.500. The summed E-state index contributed by atoms with van der Waals surface area (Å²) < 4.78 is 0. The molecule has 0 saturated heterocycles. The molecule has 32 heavy (non-hydrogen) atoms. The summed E-state index contributed by atoms with van der Waals surface area (Å²) in [6, 6.07) is 8.28. The van der Waals surface area contributed by atoms with Crippen LogP contribution in [0, 0.1) is 0 Å². The Labute approximate surface area is 199 Å². The van der Waals surface area contributed by atoms with E-state index < -0.39 is 0 Å². The number of rotatable bonds is 13. The van der Waals surface area contributed by atoms with Crippen molar-refractivity contribution in [1.29, 1.82) is 0 Å². The van der Waals surface area contributed by atoms with E-state index in [-0.39, 0.29) is 11.8 Å². The lowest BCUT2D eigenvalue weighted by Gasteiger charge is -2.03.